The zero-order chi connectivity index (χ0) is 15.1. The molecule has 0 aromatic heterocycles. The Labute approximate surface area is 128 Å². The first-order valence-electron chi connectivity index (χ1n) is 7.78. The first kappa shape index (κ1) is 15.6. The van der Waals surface area contributed by atoms with E-state index in [0.717, 1.165) is 25.3 Å². The van der Waals surface area contributed by atoms with E-state index in [1.165, 1.54) is 22.3 Å². The predicted octanol–water partition coefficient (Wildman–Crippen LogP) is 4.56. The number of hydrogen-bond acceptors (Lipinski definition) is 2. The summed E-state index contributed by atoms with van der Waals surface area (Å²) in [5.74, 6) is 0.960. The van der Waals surface area contributed by atoms with Gasteiger partial charge in [-0.3, -0.25) is 0 Å². The highest BCUT2D eigenvalue weighted by molar-refractivity contribution is 5.73. The van der Waals surface area contributed by atoms with Crippen molar-refractivity contribution in [2.45, 2.75) is 33.7 Å². The first-order chi connectivity index (χ1) is 10.3. The van der Waals surface area contributed by atoms with Crippen LogP contribution in [-0.2, 0) is 6.54 Å². The minimum Gasteiger partial charge on any atom is -0.493 e. The van der Waals surface area contributed by atoms with Crippen LogP contribution in [0.2, 0.25) is 0 Å². The van der Waals surface area contributed by atoms with E-state index in [1.807, 2.05) is 19.1 Å². The van der Waals surface area contributed by atoms with E-state index >= 15 is 0 Å². The summed E-state index contributed by atoms with van der Waals surface area (Å²) in [6, 6.07) is 14.9. The maximum atomic E-state index is 5.77. The van der Waals surface area contributed by atoms with E-state index in [4.69, 9.17) is 4.74 Å². The Balaban J connectivity index is 2.32. The van der Waals surface area contributed by atoms with Gasteiger partial charge in [0.2, 0.25) is 0 Å². The van der Waals surface area contributed by atoms with Gasteiger partial charge < -0.3 is 10.1 Å². The average Bonchev–Trinajstić information content (AvgIpc) is 2.50. The van der Waals surface area contributed by atoms with Crippen molar-refractivity contribution < 1.29 is 4.74 Å². The lowest BCUT2D eigenvalue weighted by molar-refractivity contribution is 0.341. The molecule has 0 fully saturated rings. The zero-order valence-electron chi connectivity index (χ0n) is 13.3. The molecule has 112 valence electrons. The van der Waals surface area contributed by atoms with E-state index < -0.39 is 0 Å². The van der Waals surface area contributed by atoms with Crippen LogP contribution in [0.15, 0.2) is 42.5 Å². The Hall–Kier alpha value is -1.80. The topological polar surface area (TPSA) is 21.3 Å². The Morgan fingerprint density at radius 2 is 1.81 bits per heavy atom. The van der Waals surface area contributed by atoms with Gasteiger partial charge in [-0.25, -0.2) is 0 Å². The summed E-state index contributed by atoms with van der Waals surface area (Å²) in [6.45, 7) is 9.02. The second-order valence-electron chi connectivity index (χ2n) is 5.26. The lowest BCUT2D eigenvalue weighted by atomic mass is 9.97. The van der Waals surface area contributed by atoms with Crippen molar-refractivity contribution in [2.24, 2.45) is 0 Å². The van der Waals surface area contributed by atoms with Gasteiger partial charge in [0.15, 0.2) is 0 Å². The van der Waals surface area contributed by atoms with Crippen LogP contribution in [-0.4, -0.2) is 13.2 Å². The van der Waals surface area contributed by atoms with Gasteiger partial charge in [-0.15, -0.1) is 0 Å². The van der Waals surface area contributed by atoms with Crippen molar-refractivity contribution in [1.29, 1.82) is 0 Å². The van der Waals surface area contributed by atoms with Crippen LogP contribution in [0.1, 0.15) is 31.4 Å². The third kappa shape index (κ3) is 4.08. The fraction of sp³-hybridized carbons (Fsp3) is 0.368. The molecule has 0 radical (unpaired) electrons. The maximum Gasteiger partial charge on any atom is 0.127 e. The average molecular weight is 283 g/mol. The molecular formula is C19H25NO. The molecule has 0 bridgehead atoms. The molecule has 0 aliphatic carbocycles. The molecule has 21 heavy (non-hydrogen) atoms. The Morgan fingerprint density at radius 3 is 2.57 bits per heavy atom. The third-order valence-corrected chi connectivity index (χ3v) is 3.53. The molecule has 2 rings (SSSR count). The van der Waals surface area contributed by atoms with Crippen molar-refractivity contribution in [1.82, 2.24) is 5.32 Å². The van der Waals surface area contributed by atoms with Gasteiger partial charge in [0.1, 0.15) is 5.75 Å². The lowest BCUT2D eigenvalue weighted by Gasteiger charge is -2.14. The number of hydrogen-bond donors (Lipinski definition) is 1. The van der Waals surface area contributed by atoms with E-state index in [0.29, 0.717) is 6.61 Å². The highest BCUT2D eigenvalue weighted by Crippen LogP contribution is 2.32. The molecule has 2 heteroatoms. The lowest BCUT2D eigenvalue weighted by Crippen LogP contribution is -2.13. The smallest absolute Gasteiger partial charge is 0.127 e. The van der Waals surface area contributed by atoms with E-state index in [2.05, 4.69) is 49.5 Å². The summed E-state index contributed by atoms with van der Waals surface area (Å²) >= 11 is 0. The van der Waals surface area contributed by atoms with Crippen LogP contribution in [0.5, 0.6) is 5.75 Å². The van der Waals surface area contributed by atoms with Crippen molar-refractivity contribution in [3.63, 3.8) is 0 Å². The molecule has 0 saturated carbocycles. The zero-order valence-corrected chi connectivity index (χ0v) is 13.3. The number of benzene rings is 2. The van der Waals surface area contributed by atoms with E-state index in [-0.39, 0.29) is 0 Å². The van der Waals surface area contributed by atoms with Crippen LogP contribution in [0, 0.1) is 6.92 Å². The van der Waals surface area contributed by atoms with Crippen molar-refractivity contribution in [3.8, 4) is 16.9 Å². The summed E-state index contributed by atoms with van der Waals surface area (Å²) in [5.41, 5.74) is 5.03. The molecule has 0 atom stereocenters. The fourth-order valence-electron chi connectivity index (χ4n) is 2.45. The predicted molar refractivity (Wildman–Crippen MR) is 89.8 cm³/mol. The van der Waals surface area contributed by atoms with Crippen LogP contribution in [0.25, 0.3) is 11.1 Å². The van der Waals surface area contributed by atoms with Crippen molar-refractivity contribution >= 4 is 0 Å². The standard InChI is InChI=1S/C19H25NO/c1-4-12-20-14-16-11-10-15(3)18(13-16)17-8-6-7-9-19(17)21-5-2/h6-11,13,20H,4-5,12,14H2,1-3H3. The summed E-state index contributed by atoms with van der Waals surface area (Å²) in [6.07, 6.45) is 1.16. The van der Waals surface area contributed by atoms with Crippen LogP contribution >= 0.6 is 0 Å². The maximum absolute atomic E-state index is 5.77. The summed E-state index contributed by atoms with van der Waals surface area (Å²) in [5, 5.41) is 3.46. The molecule has 0 aliphatic rings. The number of aryl methyl sites for hydroxylation is 1. The quantitative estimate of drug-likeness (QED) is 0.752. The molecular weight excluding hydrogens is 258 g/mol. The van der Waals surface area contributed by atoms with E-state index in [1.54, 1.807) is 0 Å². The fourth-order valence-corrected chi connectivity index (χ4v) is 2.45. The van der Waals surface area contributed by atoms with Crippen LogP contribution < -0.4 is 10.1 Å². The number of nitrogens with one attached hydrogen (secondary N) is 1. The number of para-hydroxylation sites is 1. The summed E-state index contributed by atoms with van der Waals surface area (Å²) < 4.78 is 5.77. The van der Waals surface area contributed by atoms with Gasteiger partial charge in [0.25, 0.3) is 0 Å². The molecule has 0 aliphatic heterocycles. The molecule has 0 saturated heterocycles. The molecule has 0 unspecified atom stereocenters. The van der Waals surface area contributed by atoms with Gasteiger partial charge in [0, 0.05) is 12.1 Å². The second kappa shape index (κ2) is 7.84. The Kier molecular flexibility index (Phi) is 5.82. The molecule has 1 N–H and O–H groups in total. The Morgan fingerprint density at radius 1 is 1.00 bits per heavy atom. The monoisotopic (exact) mass is 283 g/mol. The van der Waals surface area contributed by atoms with Crippen LogP contribution in [0.3, 0.4) is 0 Å². The molecule has 0 spiro atoms. The van der Waals surface area contributed by atoms with Crippen molar-refractivity contribution in [2.75, 3.05) is 13.2 Å². The molecule has 2 aromatic rings. The van der Waals surface area contributed by atoms with Gasteiger partial charge >= 0.3 is 0 Å². The molecule has 2 nitrogen and oxygen atoms in total. The van der Waals surface area contributed by atoms with E-state index in [9.17, 15) is 0 Å². The molecule has 0 amide bonds. The minimum atomic E-state index is 0.688. The minimum absolute atomic E-state index is 0.688. The van der Waals surface area contributed by atoms with Gasteiger partial charge in [-0.1, -0.05) is 37.3 Å². The largest absolute Gasteiger partial charge is 0.493 e. The van der Waals surface area contributed by atoms with Gasteiger partial charge in [-0.05, 0) is 55.6 Å². The summed E-state index contributed by atoms with van der Waals surface area (Å²) in [4.78, 5) is 0. The van der Waals surface area contributed by atoms with Gasteiger partial charge in [0.05, 0.1) is 6.61 Å². The second-order valence-corrected chi connectivity index (χ2v) is 5.26. The molecule has 2 aromatic carbocycles. The van der Waals surface area contributed by atoms with Gasteiger partial charge in [-0.2, -0.15) is 0 Å². The molecule has 0 heterocycles. The first-order valence-corrected chi connectivity index (χ1v) is 7.78. The third-order valence-electron chi connectivity index (χ3n) is 3.53. The highest BCUT2D eigenvalue weighted by Gasteiger charge is 2.09. The summed E-state index contributed by atoms with van der Waals surface area (Å²) in [7, 11) is 0. The number of rotatable bonds is 7. The van der Waals surface area contributed by atoms with Crippen LogP contribution in [0.4, 0.5) is 0 Å². The highest BCUT2D eigenvalue weighted by atomic mass is 16.5. The number of ether oxygens (including phenoxy) is 1. The van der Waals surface area contributed by atoms with Crippen molar-refractivity contribution in [3.05, 3.63) is 53.6 Å². The Bertz CT molecular complexity index is 578. The normalized spacial score (nSPS) is 10.6. The SMILES string of the molecule is CCCNCc1ccc(C)c(-c2ccccc2OCC)c1.